The number of carbonyl (C=O) groups is 1. The summed E-state index contributed by atoms with van der Waals surface area (Å²) >= 11 is 1.97. The maximum Gasteiger partial charge on any atom is 0.219 e. The summed E-state index contributed by atoms with van der Waals surface area (Å²) in [6.45, 7) is 2.85. The molecule has 6 heteroatoms. The summed E-state index contributed by atoms with van der Waals surface area (Å²) in [6.07, 6.45) is 4.25. The first-order valence-electron chi connectivity index (χ1n) is 7.29. The normalized spacial score (nSPS) is 33.4. The van der Waals surface area contributed by atoms with Gasteiger partial charge in [0.25, 0.3) is 0 Å². The molecule has 2 rings (SSSR count). The molecule has 0 aromatic carbocycles. The first kappa shape index (κ1) is 15.1. The van der Waals surface area contributed by atoms with Crippen LogP contribution < -0.4 is 16.0 Å². The molecule has 2 saturated heterocycles. The molecule has 0 spiro atoms. The van der Waals surface area contributed by atoms with E-state index in [2.05, 4.69) is 22.9 Å². The van der Waals surface area contributed by atoms with Crippen LogP contribution in [0.4, 0.5) is 0 Å². The Hall–Kier alpha value is -0.300. The quantitative estimate of drug-likeness (QED) is 0.510. The number of hydrogen-bond donors (Lipinski definition) is 4. The van der Waals surface area contributed by atoms with E-state index >= 15 is 0 Å². The van der Waals surface area contributed by atoms with Gasteiger partial charge in [-0.3, -0.25) is 15.4 Å². The van der Waals surface area contributed by atoms with Crippen LogP contribution in [0.2, 0.25) is 0 Å². The number of fused-ring (bicyclic) bond motifs is 1. The minimum atomic E-state index is -0.543. The summed E-state index contributed by atoms with van der Waals surface area (Å²) in [5.41, 5.74) is 0. The Morgan fingerprint density at radius 3 is 3.05 bits per heavy atom. The maximum atomic E-state index is 11.5. The van der Waals surface area contributed by atoms with E-state index in [4.69, 9.17) is 0 Å². The first-order valence-corrected chi connectivity index (χ1v) is 8.34. The summed E-state index contributed by atoms with van der Waals surface area (Å²) in [7, 11) is 0. The number of aliphatic hydroxyl groups is 1. The molecule has 4 N–H and O–H groups in total. The summed E-state index contributed by atoms with van der Waals surface area (Å²) in [5, 5.41) is 19.3. The number of aliphatic hydroxyl groups excluding tert-OH is 1. The van der Waals surface area contributed by atoms with Crippen LogP contribution in [-0.2, 0) is 4.79 Å². The summed E-state index contributed by atoms with van der Waals surface area (Å²) < 4.78 is 0. The lowest BCUT2D eigenvalue weighted by Crippen LogP contribution is -2.38. The minimum absolute atomic E-state index is 0.176. The van der Waals surface area contributed by atoms with E-state index in [0.717, 1.165) is 38.0 Å². The Balaban J connectivity index is 1.57. The summed E-state index contributed by atoms with van der Waals surface area (Å²) in [5.74, 6) is 1.24. The molecule has 19 heavy (non-hydrogen) atoms. The summed E-state index contributed by atoms with van der Waals surface area (Å²) in [6, 6.07) is 0.784. The van der Waals surface area contributed by atoms with E-state index in [9.17, 15) is 9.90 Å². The standard InChI is InChI=1S/C13H25N3O2S/c1-2-7-14-11(17)6-4-3-5-10-12-9(8-19-10)15-13(18)16-12/h9-10,12-13,15-16,18H,2-8H2,1H3,(H,14,17)/t9-,10?,12-,13?/m0/s1. The SMILES string of the molecule is CCCNC(=O)CCCCC1SC[C@@H]2NC(O)N[C@H]12. The van der Waals surface area contributed by atoms with Gasteiger partial charge in [-0.15, -0.1) is 0 Å². The van der Waals surface area contributed by atoms with Gasteiger partial charge in [-0.1, -0.05) is 13.3 Å². The van der Waals surface area contributed by atoms with Gasteiger partial charge in [-0.2, -0.15) is 11.8 Å². The smallest absolute Gasteiger partial charge is 0.219 e. The van der Waals surface area contributed by atoms with E-state index in [1.807, 2.05) is 11.8 Å². The van der Waals surface area contributed by atoms with Gasteiger partial charge in [0.15, 0.2) is 6.35 Å². The zero-order valence-electron chi connectivity index (χ0n) is 11.5. The highest BCUT2D eigenvalue weighted by molar-refractivity contribution is 8.00. The lowest BCUT2D eigenvalue weighted by molar-refractivity contribution is -0.121. The number of nitrogens with one attached hydrogen (secondary N) is 3. The van der Waals surface area contributed by atoms with E-state index in [0.29, 0.717) is 23.8 Å². The highest BCUT2D eigenvalue weighted by atomic mass is 32.2. The van der Waals surface area contributed by atoms with Crippen molar-refractivity contribution >= 4 is 17.7 Å². The van der Waals surface area contributed by atoms with E-state index in [1.54, 1.807) is 0 Å². The second kappa shape index (κ2) is 7.47. The Kier molecular flexibility index (Phi) is 5.94. The van der Waals surface area contributed by atoms with Crippen LogP contribution in [0, 0.1) is 0 Å². The Bertz CT molecular complexity index is 304. The zero-order valence-corrected chi connectivity index (χ0v) is 12.3. The Labute approximate surface area is 119 Å². The molecule has 0 radical (unpaired) electrons. The van der Waals surface area contributed by atoms with Crippen LogP contribution in [0.1, 0.15) is 39.0 Å². The van der Waals surface area contributed by atoms with Crippen molar-refractivity contribution in [1.29, 1.82) is 0 Å². The van der Waals surface area contributed by atoms with Gasteiger partial charge >= 0.3 is 0 Å². The number of hydrogen-bond acceptors (Lipinski definition) is 5. The molecule has 2 unspecified atom stereocenters. The van der Waals surface area contributed by atoms with E-state index < -0.39 is 6.35 Å². The monoisotopic (exact) mass is 287 g/mol. The number of unbranched alkanes of at least 4 members (excludes halogenated alkanes) is 1. The molecule has 0 aromatic heterocycles. The molecule has 4 atom stereocenters. The third-order valence-corrected chi connectivity index (χ3v) is 5.27. The summed E-state index contributed by atoms with van der Waals surface area (Å²) in [4.78, 5) is 11.5. The van der Waals surface area contributed by atoms with Crippen LogP contribution in [-0.4, -0.2) is 47.0 Å². The maximum absolute atomic E-state index is 11.5. The molecule has 2 aliphatic rings. The van der Waals surface area contributed by atoms with Gasteiger partial charge in [0, 0.05) is 36.1 Å². The second-order valence-electron chi connectivity index (χ2n) is 5.34. The molecule has 2 heterocycles. The molecule has 0 saturated carbocycles. The van der Waals surface area contributed by atoms with Crippen LogP contribution in [0.25, 0.3) is 0 Å². The molecule has 5 nitrogen and oxygen atoms in total. The van der Waals surface area contributed by atoms with Crippen molar-refractivity contribution in [2.45, 2.75) is 62.7 Å². The van der Waals surface area contributed by atoms with Crippen molar-refractivity contribution in [2.24, 2.45) is 0 Å². The van der Waals surface area contributed by atoms with Crippen LogP contribution in [0.5, 0.6) is 0 Å². The molecule has 0 bridgehead atoms. The van der Waals surface area contributed by atoms with Crippen molar-refractivity contribution in [3.63, 3.8) is 0 Å². The first-order chi connectivity index (χ1) is 9.20. The molecule has 0 aliphatic carbocycles. The number of amides is 1. The fourth-order valence-electron chi connectivity index (χ4n) is 2.75. The van der Waals surface area contributed by atoms with Gasteiger partial charge in [0.05, 0.1) is 0 Å². The topological polar surface area (TPSA) is 73.4 Å². The van der Waals surface area contributed by atoms with E-state index in [1.165, 1.54) is 0 Å². The molecule has 2 aliphatic heterocycles. The number of carbonyl (C=O) groups excluding carboxylic acids is 1. The molecule has 1 amide bonds. The predicted molar refractivity (Wildman–Crippen MR) is 77.9 cm³/mol. The Morgan fingerprint density at radius 2 is 2.26 bits per heavy atom. The molecular formula is C13H25N3O2S. The van der Waals surface area contributed by atoms with Crippen LogP contribution in [0.15, 0.2) is 0 Å². The third kappa shape index (κ3) is 4.34. The van der Waals surface area contributed by atoms with Crippen LogP contribution in [0.3, 0.4) is 0 Å². The predicted octanol–water partition coefficient (Wildman–Crippen LogP) is 0.394. The largest absolute Gasteiger partial charge is 0.365 e. The number of rotatable bonds is 7. The lowest BCUT2D eigenvalue weighted by Gasteiger charge is -2.17. The van der Waals surface area contributed by atoms with Gasteiger partial charge in [-0.05, 0) is 19.3 Å². The van der Waals surface area contributed by atoms with Gasteiger partial charge in [-0.25, -0.2) is 0 Å². The van der Waals surface area contributed by atoms with Gasteiger partial charge in [0.1, 0.15) is 0 Å². The fourth-order valence-corrected chi connectivity index (χ4v) is 4.32. The third-order valence-electron chi connectivity index (χ3n) is 3.76. The van der Waals surface area contributed by atoms with Crippen molar-refractivity contribution in [3.05, 3.63) is 0 Å². The van der Waals surface area contributed by atoms with Crippen molar-refractivity contribution in [3.8, 4) is 0 Å². The minimum Gasteiger partial charge on any atom is -0.365 e. The average molecular weight is 287 g/mol. The van der Waals surface area contributed by atoms with Crippen molar-refractivity contribution in [2.75, 3.05) is 12.3 Å². The highest BCUT2D eigenvalue weighted by Gasteiger charge is 2.42. The van der Waals surface area contributed by atoms with Crippen LogP contribution >= 0.6 is 11.8 Å². The number of thioether (sulfide) groups is 1. The second-order valence-corrected chi connectivity index (χ2v) is 6.61. The lowest BCUT2D eigenvalue weighted by atomic mass is 10.0. The fraction of sp³-hybridized carbons (Fsp3) is 0.923. The Morgan fingerprint density at radius 1 is 1.42 bits per heavy atom. The average Bonchev–Trinajstić information content (AvgIpc) is 2.92. The molecular weight excluding hydrogens is 262 g/mol. The zero-order chi connectivity index (χ0) is 13.7. The van der Waals surface area contributed by atoms with Gasteiger partial charge < -0.3 is 10.4 Å². The molecule has 110 valence electrons. The highest BCUT2D eigenvalue weighted by Crippen LogP contribution is 2.33. The van der Waals surface area contributed by atoms with Gasteiger partial charge in [0.2, 0.25) is 5.91 Å². The van der Waals surface area contributed by atoms with Crippen molar-refractivity contribution in [1.82, 2.24) is 16.0 Å². The van der Waals surface area contributed by atoms with Crippen molar-refractivity contribution < 1.29 is 9.90 Å². The van der Waals surface area contributed by atoms with E-state index in [-0.39, 0.29) is 5.91 Å². The molecule has 0 aromatic rings. The molecule has 2 fully saturated rings.